The van der Waals surface area contributed by atoms with Gasteiger partial charge in [0, 0.05) is 10.2 Å². The van der Waals surface area contributed by atoms with E-state index in [4.69, 9.17) is 4.42 Å². The lowest BCUT2D eigenvalue weighted by molar-refractivity contribution is 0.623. The van der Waals surface area contributed by atoms with Crippen molar-refractivity contribution in [1.82, 2.24) is 4.98 Å². The van der Waals surface area contributed by atoms with Crippen LogP contribution in [0.1, 0.15) is 5.56 Å². The summed E-state index contributed by atoms with van der Waals surface area (Å²) >= 11 is 3.48. The SMILES string of the molecule is Cc1cc(Nc2nc3ccccc3o2)ccc1Br. The Hall–Kier alpha value is -1.81. The third-order valence-electron chi connectivity index (χ3n) is 2.70. The van der Waals surface area contributed by atoms with Crippen molar-refractivity contribution in [2.75, 3.05) is 5.32 Å². The van der Waals surface area contributed by atoms with Crippen molar-refractivity contribution < 1.29 is 4.42 Å². The standard InChI is InChI=1S/C14H11BrN2O/c1-9-8-10(6-7-11(9)15)16-14-17-12-4-2-3-5-13(12)18-14/h2-8H,1H3,(H,16,17). The molecule has 0 aliphatic carbocycles. The van der Waals surface area contributed by atoms with Crippen LogP contribution in [0.4, 0.5) is 11.7 Å². The Morgan fingerprint density at radius 2 is 2.00 bits per heavy atom. The highest BCUT2D eigenvalue weighted by atomic mass is 79.9. The zero-order valence-electron chi connectivity index (χ0n) is 9.77. The molecule has 0 aliphatic heterocycles. The number of nitrogens with zero attached hydrogens (tertiary/aromatic N) is 1. The van der Waals surface area contributed by atoms with E-state index in [2.05, 4.69) is 26.2 Å². The molecule has 0 fully saturated rings. The van der Waals surface area contributed by atoms with E-state index >= 15 is 0 Å². The van der Waals surface area contributed by atoms with Crippen molar-refractivity contribution >= 4 is 38.7 Å². The molecule has 3 nitrogen and oxygen atoms in total. The van der Waals surface area contributed by atoms with Gasteiger partial charge in [0.2, 0.25) is 0 Å². The van der Waals surface area contributed by atoms with Gasteiger partial charge in [0.25, 0.3) is 6.01 Å². The lowest BCUT2D eigenvalue weighted by Crippen LogP contribution is -1.90. The van der Waals surface area contributed by atoms with Gasteiger partial charge in [-0.1, -0.05) is 28.1 Å². The number of hydrogen-bond donors (Lipinski definition) is 1. The molecule has 0 amide bonds. The fourth-order valence-electron chi connectivity index (χ4n) is 1.77. The topological polar surface area (TPSA) is 38.1 Å². The van der Waals surface area contributed by atoms with Gasteiger partial charge in [-0.2, -0.15) is 4.98 Å². The second-order valence-corrected chi connectivity index (χ2v) is 4.93. The minimum absolute atomic E-state index is 0.512. The molecule has 1 aromatic heterocycles. The van der Waals surface area contributed by atoms with Gasteiger partial charge in [-0.3, -0.25) is 0 Å². The molecule has 0 radical (unpaired) electrons. The average Bonchev–Trinajstić information content (AvgIpc) is 2.76. The normalized spacial score (nSPS) is 10.8. The first-order valence-corrected chi connectivity index (χ1v) is 6.40. The first-order valence-electron chi connectivity index (χ1n) is 5.61. The van der Waals surface area contributed by atoms with Gasteiger partial charge in [-0.05, 0) is 42.8 Å². The van der Waals surface area contributed by atoms with Gasteiger partial charge in [0.15, 0.2) is 5.58 Å². The Morgan fingerprint density at radius 3 is 2.78 bits per heavy atom. The van der Waals surface area contributed by atoms with Crippen molar-refractivity contribution in [2.45, 2.75) is 6.92 Å². The van der Waals surface area contributed by atoms with Gasteiger partial charge in [-0.15, -0.1) is 0 Å². The maximum atomic E-state index is 5.61. The van der Waals surface area contributed by atoms with Gasteiger partial charge < -0.3 is 9.73 Å². The summed E-state index contributed by atoms with van der Waals surface area (Å²) in [7, 11) is 0. The Labute approximate surface area is 113 Å². The van der Waals surface area contributed by atoms with E-state index in [9.17, 15) is 0 Å². The van der Waals surface area contributed by atoms with Crippen LogP contribution in [-0.4, -0.2) is 4.98 Å². The number of anilines is 2. The molecule has 90 valence electrons. The van der Waals surface area contributed by atoms with Crippen molar-refractivity contribution in [2.24, 2.45) is 0 Å². The highest BCUT2D eigenvalue weighted by Gasteiger charge is 2.05. The lowest BCUT2D eigenvalue weighted by atomic mass is 10.2. The van der Waals surface area contributed by atoms with Crippen LogP contribution in [0, 0.1) is 6.92 Å². The molecule has 0 saturated heterocycles. The average molecular weight is 303 g/mol. The number of aromatic nitrogens is 1. The Kier molecular flexibility index (Phi) is 2.80. The van der Waals surface area contributed by atoms with E-state index in [-0.39, 0.29) is 0 Å². The number of rotatable bonds is 2. The molecule has 4 heteroatoms. The molecule has 1 heterocycles. The van der Waals surface area contributed by atoms with Crippen LogP contribution in [0.3, 0.4) is 0 Å². The number of halogens is 1. The smallest absolute Gasteiger partial charge is 0.300 e. The van der Waals surface area contributed by atoms with E-state index in [1.165, 1.54) is 0 Å². The van der Waals surface area contributed by atoms with E-state index in [1.54, 1.807) is 0 Å². The second kappa shape index (κ2) is 4.46. The first-order chi connectivity index (χ1) is 8.72. The third-order valence-corrected chi connectivity index (χ3v) is 3.59. The van der Waals surface area contributed by atoms with Crippen LogP contribution in [0.25, 0.3) is 11.1 Å². The molecule has 2 aromatic carbocycles. The number of nitrogens with one attached hydrogen (secondary N) is 1. The lowest BCUT2D eigenvalue weighted by Gasteiger charge is -2.03. The van der Waals surface area contributed by atoms with Gasteiger partial charge in [0.05, 0.1) is 0 Å². The number of fused-ring (bicyclic) bond motifs is 1. The van der Waals surface area contributed by atoms with Crippen molar-refractivity contribution in [3.05, 3.63) is 52.5 Å². The number of para-hydroxylation sites is 2. The molecule has 18 heavy (non-hydrogen) atoms. The third kappa shape index (κ3) is 2.11. The van der Waals surface area contributed by atoms with Crippen LogP contribution in [0.2, 0.25) is 0 Å². The van der Waals surface area contributed by atoms with Crippen LogP contribution in [-0.2, 0) is 0 Å². The minimum atomic E-state index is 0.512. The molecule has 0 aliphatic rings. The first kappa shape index (κ1) is 11.3. The summed E-state index contributed by atoms with van der Waals surface area (Å²) < 4.78 is 6.70. The number of aryl methyl sites for hydroxylation is 1. The van der Waals surface area contributed by atoms with Crippen LogP contribution < -0.4 is 5.32 Å². The van der Waals surface area contributed by atoms with Crippen molar-refractivity contribution in [3.8, 4) is 0 Å². The van der Waals surface area contributed by atoms with E-state index in [0.29, 0.717) is 6.01 Å². The van der Waals surface area contributed by atoms with Crippen molar-refractivity contribution in [1.29, 1.82) is 0 Å². The van der Waals surface area contributed by atoms with Crippen LogP contribution in [0.15, 0.2) is 51.4 Å². The zero-order valence-corrected chi connectivity index (χ0v) is 11.4. The Bertz CT molecular complexity index is 673. The van der Waals surface area contributed by atoms with E-state index in [1.807, 2.05) is 49.4 Å². The van der Waals surface area contributed by atoms with Crippen LogP contribution in [0.5, 0.6) is 0 Å². The molecule has 3 rings (SSSR count). The fourth-order valence-corrected chi connectivity index (χ4v) is 2.02. The van der Waals surface area contributed by atoms with Crippen molar-refractivity contribution in [3.63, 3.8) is 0 Å². The maximum absolute atomic E-state index is 5.61. The van der Waals surface area contributed by atoms with Gasteiger partial charge >= 0.3 is 0 Å². The quantitative estimate of drug-likeness (QED) is 0.749. The van der Waals surface area contributed by atoms with E-state index < -0.39 is 0 Å². The molecule has 3 aromatic rings. The molecule has 1 N–H and O–H groups in total. The van der Waals surface area contributed by atoms with Crippen LogP contribution >= 0.6 is 15.9 Å². The van der Waals surface area contributed by atoms with E-state index in [0.717, 1.165) is 26.8 Å². The second-order valence-electron chi connectivity index (χ2n) is 4.08. The monoisotopic (exact) mass is 302 g/mol. The molecule has 0 bridgehead atoms. The fraction of sp³-hybridized carbons (Fsp3) is 0.0714. The molecule has 0 spiro atoms. The molecule has 0 atom stereocenters. The Balaban J connectivity index is 1.93. The maximum Gasteiger partial charge on any atom is 0.300 e. The van der Waals surface area contributed by atoms with Gasteiger partial charge in [-0.25, -0.2) is 0 Å². The number of oxazole rings is 1. The Morgan fingerprint density at radius 1 is 1.17 bits per heavy atom. The number of benzene rings is 2. The summed E-state index contributed by atoms with van der Waals surface area (Å²) in [6.45, 7) is 2.04. The summed E-state index contributed by atoms with van der Waals surface area (Å²) in [5.74, 6) is 0. The summed E-state index contributed by atoms with van der Waals surface area (Å²) in [6, 6.07) is 14.2. The predicted molar refractivity (Wildman–Crippen MR) is 76.2 cm³/mol. The summed E-state index contributed by atoms with van der Waals surface area (Å²) in [4.78, 5) is 4.37. The number of hydrogen-bond acceptors (Lipinski definition) is 3. The summed E-state index contributed by atoms with van der Waals surface area (Å²) in [5, 5.41) is 3.16. The minimum Gasteiger partial charge on any atom is -0.423 e. The predicted octanol–water partition coefficient (Wildman–Crippen LogP) is 4.64. The van der Waals surface area contributed by atoms with Gasteiger partial charge in [0.1, 0.15) is 5.52 Å². The molecule has 0 saturated carbocycles. The highest BCUT2D eigenvalue weighted by Crippen LogP contribution is 2.24. The largest absolute Gasteiger partial charge is 0.423 e. The summed E-state index contributed by atoms with van der Waals surface area (Å²) in [6.07, 6.45) is 0. The molecular formula is C14H11BrN2O. The zero-order chi connectivity index (χ0) is 12.5. The highest BCUT2D eigenvalue weighted by molar-refractivity contribution is 9.10. The summed E-state index contributed by atoms with van der Waals surface area (Å²) in [5.41, 5.74) is 3.76. The molecular weight excluding hydrogens is 292 g/mol. The molecule has 0 unspecified atom stereocenters.